The second-order valence-corrected chi connectivity index (χ2v) is 7.18. The minimum absolute atomic E-state index is 0.0702. The van der Waals surface area contributed by atoms with Gasteiger partial charge in [-0.15, -0.1) is 11.3 Å². The van der Waals surface area contributed by atoms with Crippen molar-refractivity contribution in [1.29, 1.82) is 0 Å². The van der Waals surface area contributed by atoms with Crippen molar-refractivity contribution in [1.82, 2.24) is 15.0 Å². The maximum absolute atomic E-state index is 12.2. The maximum Gasteiger partial charge on any atom is 0.274 e. The molecule has 2 rings (SSSR count). The number of sulfonamides is 1. The molecule has 21 heavy (non-hydrogen) atoms. The Kier molecular flexibility index (Phi) is 5.51. The minimum Gasteiger partial charge on any atom is -0.447 e. The van der Waals surface area contributed by atoms with Crippen LogP contribution in [-0.2, 0) is 16.6 Å². The van der Waals surface area contributed by atoms with E-state index in [4.69, 9.17) is 4.42 Å². The molecule has 0 aliphatic rings. The number of rotatable bonds is 8. The zero-order chi connectivity index (χ0) is 15.3. The Morgan fingerprint density at radius 3 is 2.90 bits per heavy atom. The average Bonchev–Trinajstić information content (AvgIpc) is 3.10. The van der Waals surface area contributed by atoms with Crippen LogP contribution >= 0.6 is 11.3 Å². The fourth-order valence-corrected chi connectivity index (χ4v) is 3.65. The summed E-state index contributed by atoms with van der Waals surface area (Å²) in [6, 6.07) is 2.76. The molecule has 0 aliphatic heterocycles. The van der Waals surface area contributed by atoms with Crippen LogP contribution in [0.2, 0.25) is 0 Å². The summed E-state index contributed by atoms with van der Waals surface area (Å²) in [6.07, 6.45) is 2.66. The quantitative estimate of drug-likeness (QED) is 0.726. The normalized spacial score (nSPS) is 13.4. The third-order valence-electron chi connectivity index (χ3n) is 2.78. The lowest BCUT2D eigenvalue weighted by Gasteiger charge is -2.10. The van der Waals surface area contributed by atoms with E-state index in [9.17, 15) is 8.42 Å². The van der Waals surface area contributed by atoms with E-state index >= 15 is 0 Å². The first-order valence-electron chi connectivity index (χ1n) is 6.74. The van der Waals surface area contributed by atoms with Crippen LogP contribution < -0.4 is 10.0 Å². The Morgan fingerprint density at radius 2 is 2.24 bits per heavy atom. The predicted octanol–water partition coefficient (Wildman–Crippen LogP) is 2.28. The molecule has 0 fully saturated rings. The summed E-state index contributed by atoms with van der Waals surface area (Å²) in [5, 5.41) is 5.62. The smallest absolute Gasteiger partial charge is 0.274 e. The van der Waals surface area contributed by atoms with Gasteiger partial charge in [-0.1, -0.05) is 6.92 Å². The van der Waals surface area contributed by atoms with Gasteiger partial charge in [-0.25, -0.2) is 13.4 Å². The van der Waals surface area contributed by atoms with Crippen molar-refractivity contribution >= 4 is 21.4 Å². The molecule has 2 aromatic rings. The molecular formula is C13H19N3O3S2. The van der Waals surface area contributed by atoms with Crippen molar-refractivity contribution in [2.24, 2.45) is 0 Å². The van der Waals surface area contributed by atoms with Crippen molar-refractivity contribution in [3.8, 4) is 0 Å². The third-order valence-corrected chi connectivity index (χ3v) is 5.15. The Bertz CT molecular complexity index is 650. The molecule has 116 valence electrons. The van der Waals surface area contributed by atoms with Gasteiger partial charge in [-0.3, -0.25) is 0 Å². The minimum atomic E-state index is -3.67. The summed E-state index contributed by atoms with van der Waals surface area (Å²) in [5.41, 5.74) is 0. The van der Waals surface area contributed by atoms with Crippen molar-refractivity contribution in [3.05, 3.63) is 34.5 Å². The van der Waals surface area contributed by atoms with Gasteiger partial charge in [-0.2, -0.15) is 4.72 Å². The van der Waals surface area contributed by atoms with Crippen LogP contribution in [0.1, 0.15) is 37.1 Å². The highest BCUT2D eigenvalue weighted by Crippen LogP contribution is 2.20. The van der Waals surface area contributed by atoms with E-state index in [1.54, 1.807) is 19.2 Å². The van der Waals surface area contributed by atoms with Gasteiger partial charge >= 0.3 is 0 Å². The molecule has 0 saturated carbocycles. The Balaban J connectivity index is 2.02. The van der Waals surface area contributed by atoms with E-state index in [0.29, 0.717) is 12.3 Å². The van der Waals surface area contributed by atoms with Crippen molar-refractivity contribution in [2.75, 3.05) is 6.54 Å². The van der Waals surface area contributed by atoms with Gasteiger partial charge in [0.1, 0.15) is 10.8 Å². The molecular weight excluding hydrogens is 310 g/mol. The average molecular weight is 329 g/mol. The molecule has 1 atom stereocenters. The Hall–Kier alpha value is -1.22. The van der Waals surface area contributed by atoms with Gasteiger partial charge in [0, 0.05) is 11.6 Å². The first-order chi connectivity index (χ1) is 10.0. The topological polar surface area (TPSA) is 84.2 Å². The van der Waals surface area contributed by atoms with E-state index in [1.165, 1.54) is 17.4 Å². The summed E-state index contributed by atoms with van der Waals surface area (Å²) < 4.78 is 32.4. The highest BCUT2D eigenvalue weighted by Gasteiger charge is 2.23. The lowest BCUT2D eigenvalue weighted by Crippen LogP contribution is -2.26. The monoisotopic (exact) mass is 329 g/mol. The standard InChI is InChI=1S/C13H19N3O3S2/c1-3-6-14-9-11-4-5-12(19-11)21(17,18)16-10(2)13-15-7-8-20-13/h4-5,7-8,10,14,16H,3,6,9H2,1-2H3. The Morgan fingerprint density at radius 1 is 1.43 bits per heavy atom. The maximum atomic E-state index is 12.2. The summed E-state index contributed by atoms with van der Waals surface area (Å²) in [4.78, 5) is 4.10. The van der Waals surface area contributed by atoms with Crippen LogP contribution in [0.25, 0.3) is 0 Å². The van der Waals surface area contributed by atoms with E-state index in [-0.39, 0.29) is 11.1 Å². The van der Waals surface area contributed by atoms with Gasteiger partial charge in [0.05, 0.1) is 12.6 Å². The molecule has 0 aromatic carbocycles. The number of aromatic nitrogens is 1. The summed E-state index contributed by atoms with van der Waals surface area (Å²) in [5.74, 6) is 0.603. The third kappa shape index (κ3) is 4.37. The second-order valence-electron chi connectivity index (χ2n) is 4.61. The molecule has 8 heteroatoms. The van der Waals surface area contributed by atoms with Crippen molar-refractivity contribution in [3.63, 3.8) is 0 Å². The largest absolute Gasteiger partial charge is 0.447 e. The molecule has 2 heterocycles. The molecule has 0 radical (unpaired) electrons. The van der Waals surface area contributed by atoms with Crippen LogP contribution in [0.4, 0.5) is 0 Å². The zero-order valence-corrected chi connectivity index (χ0v) is 13.6. The number of nitrogens with one attached hydrogen (secondary N) is 2. The predicted molar refractivity (Wildman–Crippen MR) is 81.6 cm³/mol. The first-order valence-corrected chi connectivity index (χ1v) is 9.10. The Labute approximate surface area is 128 Å². The fourth-order valence-electron chi connectivity index (χ4n) is 1.78. The van der Waals surface area contributed by atoms with Crippen LogP contribution in [0, 0.1) is 0 Å². The first kappa shape index (κ1) is 16.2. The van der Waals surface area contributed by atoms with E-state index in [1.807, 2.05) is 5.38 Å². The lowest BCUT2D eigenvalue weighted by atomic mass is 10.4. The van der Waals surface area contributed by atoms with Crippen LogP contribution in [-0.4, -0.2) is 19.9 Å². The lowest BCUT2D eigenvalue weighted by molar-refractivity contribution is 0.398. The van der Waals surface area contributed by atoms with Crippen molar-refractivity contribution in [2.45, 2.75) is 37.9 Å². The highest BCUT2D eigenvalue weighted by atomic mass is 32.2. The van der Waals surface area contributed by atoms with Crippen LogP contribution in [0.15, 0.2) is 33.2 Å². The molecule has 2 aromatic heterocycles. The van der Waals surface area contributed by atoms with Crippen molar-refractivity contribution < 1.29 is 12.8 Å². The molecule has 0 bridgehead atoms. The fraction of sp³-hybridized carbons (Fsp3) is 0.462. The van der Waals surface area contributed by atoms with Gasteiger partial charge in [0.2, 0.25) is 5.09 Å². The van der Waals surface area contributed by atoms with Gasteiger partial charge in [0.25, 0.3) is 10.0 Å². The zero-order valence-electron chi connectivity index (χ0n) is 12.0. The molecule has 0 amide bonds. The van der Waals surface area contributed by atoms with Crippen LogP contribution in [0.5, 0.6) is 0 Å². The van der Waals surface area contributed by atoms with E-state index < -0.39 is 10.0 Å². The number of hydrogen-bond acceptors (Lipinski definition) is 6. The number of hydrogen-bond donors (Lipinski definition) is 2. The highest BCUT2D eigenvalue weighted by molar-refractivity contribution is 7.89. The molecule has 1 unspecified atom stereocenters. The second kappa shape index (κ2) is 7.17. The molecule has 6 nitrogen and oxygen atoms in total. The van der Waals surface area contributed by atoms with Gasteiger partial charge in [-0.05, 0) is 32.0 Å². The SMILES string of the molecule is CCCNCc1ccc(S(=O)(=O)NC(C)c2nccs2)o1. The summed E-state index contributed by atoms with van der Waals surface area (Å²) in [7, 11) is -3.67. The van der Waals surface area contributed by atoms with Gasteiger partial charge in [0.15, 0.2) is 0 Å². The number of furan rings is 1. The molecule has 0 saturated heterocycles. The molecule has 0 spiro atoms. The van der Waals surface area contributed by atoms with Crippen LogP contribution in [0.3, 0.4) is 0 Å². The summed E-state index contributed by atoms with van der Waals surface area (Å²) in [6.45, 7) is 5.20. The van der Waals surface area contributed by atoms with E-state index in [0.717, 1.165) is 18.0 Å². The van der Waals surface area contributed by atoms with Gasteiger partial charge < -0.3 is 9.73 Å². The van der Waals surface area contributed by atoms with E-state index in [2.05, 4.69) is 21.9 Å². The number of thiazole rings is 1. The molecule has 0 aliphatic carbocycles. The summed E-state index contributed by atoms with van der Waals surface area (Å²) >= 11 is 1.41. The molecule has 2 N–H and O–H groups in total. The number of nitrogens with zero attached hydrogens (tertiary/aromatic N) is 1.